The molecular formula is C14H11N5O6. The Morgan fingerprint density at radius 3 is 2.16 bits per heavy atom. The first-order valence-corrected chi connectivity index (χ1v) is 6.78. The van der Waals surface area contributed by atoms with Crippen molar-refractivity contribution in [1.82, 2.24) is 0 Å². The molecule has 0 heterocycles. The molecule has 1 N–H and O–H groups in total. The number of hydrazone groups is 1. The van der Waals surface area contributed by atoms with Crippen molar-refractivity contribution in [2.75, 3.05) is 5.43 Å². The van der Waals surface area contributed by atoms with Crippen molar-refractivity contribution in [1.29, 1.82) is 0 Å². The summed E-state index contributed by atoms with van der Waals surface area (Å²) < 4.78 is 0. The van der Waals surface area contributed by atoms with Gasteiger partial charge in [-0.25, -0.2) is 0 Å². The van der Waals surface area contributed by atoms with Gasteiger partial charge in [-0.3, -0.25) is 35.8 Å². The number of anilines is 1. The van der Waals surface area contributed by atoms with E-state index in [2.05, 4.69) is 10.5 Å². The van der Waals surface area contributed by atoms with E-state index in [0.29, 0.717) is 0 Å². The number of benzene rings is 2. The Hall–Kier alpha value is -3.89. The molecule has 0 unspecified atom stereocenters. The average Bonchev–Trinajstić information content (AvgIpc) is 2.59. The molecule has 0 fully saturated rings. The van der Waals surface area contributed by atoms with Gasteiger partial charge in [0, 0.05) is 12.1 Å². The average molecular weight is 345 g/mol. The van der Waals surface area contributed by atoms with Gasteiger partial charge in [-0.15, -0.1) is 0 Å². The van der Waals surface area contributed by atoms with Gasteiger partial charge in [0.2, 0.25) is 0 Å². The maximum absolute atomic E-state index is 11.1. The van der Waals surface area contributed by atoms with Crippen molar-refractivity contribution in [2.24, 2.45) is 5.10 Å². The summed E-state index contributed by atoms with van der Waals surface area (Å²) in [6.07, 6.45) is 0. The molecule has 2 aromatic rings. The molecule has 0 aliphatic carbocycles. The maximum Gasteiger partial charge on any atom is 0.301 e. The van der Waals surface area contributed by atoms with Crippen LogP contribution in [0.15, 0.2) is 47.6 Å². The van der Waals surface area contributed by atoms with Crippen LogP contribution in [0.2, 0.25) is 0 Å². The number of para-hydroxylation sites is 1. The summed E-state index contributed by atoms with van der Waals surface area (Å²) in [6, 6.07) is 8.93. The zero-order valence-electron chi connectivity index (χ0n) is 12.8. The first kappa shape index (κ1) is 17.5. The summed E-state index contributed by atoms with van der Waals surface area (Å²) in [5.41, 5.74) is 1.68. The number of hydrogen-bond acceptors (Lipinski definition) is 8. The second-order valence-electron chi connectivity index (χ2n) is 4.80. The topological polar surface area (TPSA) is 154 Å². The first-order chi connectivity index (χ1) is 11.8. The Labute approximate surface area is 140 Å². The molecule has 11 heteroatoms. The monoisotopic (exact) mass is 345 g/mol. The minimum atomic E-state index is -0.787. The summed E-state index contributed by atoms with van der Waals surface area (Å²) >= 11 is 0. The van der Waals surface area contributed by atoms with Gasteiger partial charge < -0.3 is 0 Å². The quantitative estimate of drug-likeness (QED) is 0.478. The largest absolute Gasteiger partial charge is 0.301 e. The predicted molar refractivity (Wildman–Crippen MR) is 88.7 cm³/mol. The molecule has 0 saturated carbocycles. The van der Waals surface area contributed by atoms with E-state index < -0.39 is 26.1 Å². The lowest BCUT2D eigenvalue weighted by molar-refractivity contribution is -0.393. The van der Waals surface area contributed by atoms with Gasteiger partial charge in [0.1, 0.15) is 5.69 Å². The fourth-order valence-corrected chi connectivity index (χ4v) is 2.02. The van der Waals surface area contributed by atoms with Crippen LogP contribution in [0.3, 0.4) is 0 Å². The molecule has 25 heavy (non-hydrogen) atoms. The van der Waals surface area contributed by atoms with E-state index in [4.69, 9.17) is 0 Å². The van der Waals surface area contributed by atoms with Gasteiger partial charge >= 0.3 is 5.69 Å². The highest BCUT2D eigenvalue weighted by Gasteiger charge is 2.20. The Kier molecular flexibility index (Phi) is 4.98. The van der Waals surface area contributed by atoms with Crippen LogP contribution in [0, 0.1) is 30.3 Å². The lowest BCUT2D eigenvalue weighted by atomic mass is 10.1. The lowest BCUT2D eigenvalue weighted by Gasteiger charge is -2.05. The molecule has 128 valence electrons. The van der Waals surface area contributed by atoms with E-state index in [1.165, 1.54) is 25.1 Å². The molecule has 2 aromatic carbocycles. The molecular weight excluding hydrogens is 334 g/mol. The SMILES string of the molecule is CC(=NNc1ccc([N+](=O)[O-])cc1[N+](=O)[O-])c1ccccc1[N+](=O)[O-]. The van der Waals surface area contributed by atoms with Crippen molar-refractivity contribution in [3.05, 3.63) is 78.4 Å². The van der Waals surface area contributed by atoms with Crippen LogP contribution in [0.25, 0.3) is 0 Å². The minimum absolute atomic E-state index is 0.0754. The highest BCUT2D eigenvalue weighted by atomic mass is 16.6. The second-order valence-corrected chi connectivity index (χ2v) is 4.80. The number of hydrogen-bond donors (Lipinski definition) is 1. The second kappa shape index (κ2) is 7.12. The summed E-state index contributed by atoms with van der Waals surface area (Å²) in [6.45, 7) is 1.49. The molecule has 0 radical (unpaired) electrons. The number of rotatable bonds is 6. The van der Waals surface area contributed by atoms with E-state index in [1.807, 2.05) is 0 Å². The highest BCUT2D eigenvalue weighted by molar-refractivity contribution is 6.02. The summed E-state index contributed by atoms with van der Waals surface area (Å²) in [5.74, 6) is 0. The number of nitrogens with zero attached hydrogens (tertiary/aromatic N) is 4. The highest BCUT2D eigenvalue weighted by Crippen LogP contribution is 2.29. The van der Waals surface area contributed by atoms with Crippen molar-refractivity contribution in [2.45, 2.75) is 6.92 Å². The number of non-ortho nitro benzene ring substituents is 1. The molecule has 0 bridgehead atoms. The Bertz CT molecular complexity index is 895. The molecule has 11 nitrogen and oxygen atoms in total. The molecule has 0 saturated heterocycles. The van der Waals surface area contributed by atoms with Crippen LogP contribution in [-0.2, 0) is 0 Å². The molecule has 0 aromatic heterocycles. The van der Waals surface area contributed by atoms with Crippen LogP contribution >= 0.6 is 0 Å². The van der Waals surface area contributed by atoms with Crippen LogP contribution in [0.4, 0.5) is 22.7 Å². The Morgan fingerprint density at radius 2 is 1.56 bits per heavy atom. The summed E-state index contributed by atoms with van der Waals surface area (Å²) in [7, 11) is 0. The summed E-state index contributed by atoms with van der Waals surface area (Å²) in [4.78, 5) is 30.7. The van der Waals surface area contributed by atoms with Crippen molar-refractivity contribution >= 4 is 28.5 Å². The van der Waals surface area contributed by atoms with Crippen LogP contribution in [0.1, 0.15) is 12.5 Å². The third-order valence-corrected chi connectivity index (χ3v) is 3.22. The van der Waals surface area contributed by atoms with Gasteiger partial charge in [0.05, 0.1) is 32.1 Å². The van der Waals surface area contributed by atoms with Crippen molar-refractivity contribution in [3.63, 3.8) is 0 Å². The molecule has 2 rings (SSSR count). The third-order valence-electron chi connectivity index (χ3n) is 3.22. The molecule has 0 atom stereocenters. The van der Waals surface area contributed by atoms with E-state index in [1.54, 1.807) is 6.07 Å². The smallest absolute Gasteiger partial charge is 0.271 e. The Morgan fingerprint density at radius 1 is 0.920 bits per heavy atom. The van der Waals surface area contributed by atoms with Crippen LogP contribution in [0.5, 0.6) is 0 Å². The molecule has 0 aliphatic heterocycles. The first-order valence-electron chi connectivity index (χ1n) is 6.78. The van der Waals surface area contributed by atoms with E-state index in [0.717, 1.165) is 18.2 Å². The van der Waals surface area contributed by atoms with Crippen molar-refractivity contribution in [3.8, 4) is 0 Å². The molecule has 0 aliphatic rings. The molecule has 0 amide bonds. The number of nitrogens with one attached hydrogen (secondary N) is 1. The fourth-order valence-electron chi connectivity index (χ4n) is 2.02. The van der Waals surface area contributed by atoms with Gasteiger partial charge in [-0.2, -0.15) is 5.10 Å². The van der Waals surface area contributed by atoms with E-state index in [-0.39, 0.29) is 22.6 Å². The van der Waals surface area contributed by atoms with Gasteiger partial charge in [0.15, 0.2) is 0 Å². The molecule has 0 spiro atoms. The Balaban J connectivity index is 2.37. The zero-order chi connectivity index (χ0) is 18.6. The van der Waals surface area contributed by atoms with Crippen LogP contribution in [-0.4, -0.2) is 20.5 Å². The van der Waals surface area contributed by atoms with Crippen molar-refractivity contribution < 1.29 is 14.8 Å². The standard InChI is InChI=1S/C14H11N5O6/c1-9(11-4-2-3-5-13(11)18(22)23)15-16-12-7-6-10(17(20)21)8-14(12)19(24)25/h2-8,16H,1H3. The fraction of sp³-hybridized carbons (Fsp3) is 0.0714. The van der Waals surface area contributed by atoms with E-state index in [9.17, 15) is 30.3 Å². The normalized spacial score (nSPS) is 11.0. The number of nitro groups is 3. The third kappa shape index (κ3) is 3.90. The number of nitro benzene ring substituents is 3. The van der Waals surface area contributed by atoms with E-state index >= 15 is 0 Å². The lowest BCUT2D eigenvalue weighted by Crippen LogP contribution is -2.05. The minimum Gasteiger partial charge on any atom is -0.271 e. The van der Waals surface area contributed by atoms with Crippen LogP contribution < -0.4 is 5.43 Å². The summed E-state index contributed by atoms with van der Waals surface area (Å²) in [5, 5.41) is 36.7. The van der Waals surface area contributed by atoms with Gasteiger partial charge in [0.25, 0.3) is 11.4 Å². The predicted octanol–water partition coefficient (Wildman–Crippen LogP) is 3.25. The maximum atomic E-state index is 11.1. The van der Waals surface area contributed by atoms with Gasteiger partial charge in [-0.1, -0.05) is 12.1 Å². The van der Waals surface area contributed by atoms with Gasteiger partial charge in [-0.05, 0) is 19.1 Å². The zero-order valence-corrected chi connectivity index (χ0v) is 12.8.